The first kappa shape index (κ1) is 13.7. The normalized spacial score (nSPS) is 12.4. The number of hydrazine groups is 1. The highest BCUT2D eigenvalue weighted by Crippen LogP contribution is 2.17. The van der Waals surface area contributed by atoms with Crippen molar-refractivity contribution in [1.29, 1.82) is 0 Å². The zero-order valence-electron chi connectivity index (χ0n) is 11.6. The van der Waals surface area contributed by atoms with Crippen molar-refractivity contribution in [3.63, 3.8) is 0 Å². The van der Waals surface area contributed by atoms with Crippen LogP contribution in [0.2, 0.25) is 0 Å². The van der Waals surface area contributed by atoms with E-state index in [0.717, 1.165) is 18.5 Å². The van der Waals surface area contributed by atoms with E-state index in [1.165, 1.54) is 16.7 Å². The fourth-order valence-corrected chi connectivity index (χ4v) is 2.07. The van der Waals surface area contributed by atoms with Crippen LogP contribution in [-0.2, 0) is 12.8 Å². The molecule has 1 aromatic heterocycles. The predicted octanol–water partition coefficient (Wildman–Crippen LogP) is 2.70. The molecule has 0 aliphatic heterocycles. The summed E-state index contributed by atoms with van der Waals surface area (Å²) in [5.74, 6) is 5.67. The molecule has 3 N–H and O–H groups in total. The van der Waals surface area contributed by atoms with Gasteiger partial charge in [-0.15, -0.1) is 0 Å². The van der Waals surface area contributed by atoms with Crippen molar-refractivity contribution in [2.24, 2.45) is 5.84 Å². The molecule has 0 saturated carbocycles. The molecule has 0 saturated heterocycles. The van der Waals surface area contributed by atoms with E-state index in [9.17, 15) is 0 Å². The maximum absolute atomic E-state index is 5.67. The van der Waals surface area contributed by atoms with Crippen molar-refractivity contribution in [3.05, 3.63) is 65.0 Å². The summed E-state index contributed by atoms with van der Waals surface area (Å²) in [5.41, 5.74) is 7.64. The van der Waals surface area contributed by atoms with Crippen LogP contribution in [0.25, 0.3) is 0 Å². The van der Waals surface area contributed by atoms with Crippen molar-refractivity contribution in [2.45, 2.75) is 32.7 Å². The summed E-state index contributed by atoms with van der Waals surface area (Å²) >= 11 is 0. The van der Waals surface area contributed by atoms with Gasteiger partial charge in [0, 0.05) is 18.3 Å². The monoisotopic (exact) mass is 255 g/mol. The lowest BCUT2D eigenvalue weighted by Crippen LogP contribution is -2.29. The summed E-state index contributed by atoms with van der Waals surface area (Å²) in [6.07, 6.45) is 3.76. The van der Waals surface area contributed by atoms with Gasteiger partial charge in [-0.1, -0.05) is 42.8 Å². The number of hydrogen-bond donors (Lipinski definition) is 2. The van der Waals surface area contributed by atoms with Crippen LogP contribution in [0.4, 0.5) is 0 Å². The van der Waals surface area contributed by atoms with E-state index in [1.54, 1.807) is 0 Å². The van der Waals surface area contributed by atoms with Crippen LogP contribution in [0, 0.1) is 6.92 Å². The van der Waals surface area contributed by atoms with E-state index in [-0.39, 0.29) is 6.04 Å². The average molecular weight is 255 g/mol. The molecule has 3 heteroatoms. The van der Waals surface area contributed by atoms with Crippen LogP contribution in [0.5, 0.6) is 0 Å². The zero-order chi connectivity index (χ0) is 13.7. The lowest BCUT2D eigenvalue weighted by molar-refractivity contribution is 0.546. The minimum Gasteiger partial charge on any atom is -0.271 e. The first-order valence-corrected chi connectivity index (χ1v) is 6.69. The third kappa shape index (κ3) is 3.63. The minimum atomic E-state index is 0.0978. The van der Waals surface area contributed by atoms with E-state index < -0.39 is 0 Å². The maximum atomic E-state index is 5.67. The first-order chi connectivity index (χ1) is 9.22. The van der Waals surface area contributed by atoms with Crippen LogP contribution in [0.15, 0.2) is 42.6 Å². The van der Waals surface area contributed by atoms with Gasteiger partial charge in [0.25, 0.3) is 0 Å². The van der Waals surface area contributed by atoms with Gasteiger partial charge in [-0.3, -0.25) is 16.3 Å². The Morgan fingerprint density at radius 1 is 1.16 bits per heavy atom. The first-order valence-electron chi connectivity index (χ1n) is 6.69. The summed E-state index contributed by atoms with van der Waals surface area (Å²) in [5, 5.41) is 0. The lowest BCUT2D eigenvalue weighted by atomic mass is 10.0. The van der Waals surface area contributed by atoms with Gasteiger partial charge in [0.05, 0.1) is 6.04 Å². The summed E-state index contributed by atoms with van der Waals surface area (Å²) < 4.78 is 0. The number of aromatic nitrogens is 1. The van der Waals surface area contributed by atoms with Crippen molar-refractivity contribution < 1.29 is 0 Å². The van der Waals surface area contributed by atoms with Gasteiger partial charge < -0.3 is 0 Å². The number of nitrogens with zero attached hydrogens (tertiary/aromatic N) is 1. The second-order valence-corrected chi connectivity index (χ2v) is 4.85. The number of pyridine rings is 1. The molecular formula is C16H21N3. The van der Waals surface area contributed by atoms with Crippen LogP contribution < -0.4 is 11.3 Å². The number of hydrogen-bond acceptors (Lipinski definition) is 3. The van der Waals surface area contributed by atoms with Gasteiger partial charge in [0.2, 0.25) is 0 Å². The van der Waals surface area contributed by atoms with E-state index in [4.69, 9.17) is 5.84 Å². The molecule has 2 rings (SSSR count). The van der Waals surface area contributed by atoms with E-state index >= 15 is 0 Å². The highest BCUT2D eigenvalue weighted by atomic mass is 15.2. The number of benzene rings is 1. The molecule has 0 radical (unpaired) electrons. The molecule has 0 spiro atoms. The topological polar surface area (TPSA) is 50.9 Å². The van der Waals surface area contributed by atoms with Gasteiger partial charge >= 0.3 is 0 Å². The van der Waals surface area contributed by atoms with Gasteiger partial charge in [-0.25, -0.2) is 0 Å². The predicted molar refractivity (Wildman–Crippen MR) is 78.6 cm³/mol. The Morgan fingerprint density at radius 3 is 2.42 bits per heavy atom. The van der Waals surface area contributed by atoms with Crippen LogP contribution in [0.1, 0.15) is 35.3 Å². The number of aryl methyl sites for hydroxylation is 2. The number of rotatable bonds is 5. The largest absolute Gasteiger partial charge is 0.271 e. The smallest absolute Gasteiger partial charge is 0.0515 e. The third-order valence-corrected chi connectivity index (χ3v) is 3.39. The molecule has 0 aliphatic rings. The molecule has 0 fully saturated rings. The fraction of sp³-hybridized carbons (Fsp3) is 0.312. The van der Waals surface area contributed by atoms with Crippen molar-refractivity contribution >= 4 is 0 Å². The van der Waals surface area contributed by atoms with Gasteiger partial charge in [-0.2, -0.15) is 0 Å². The Morgan fingerprint density at radius 2 is 1.89 bits per heavy atom. The summed E-state index contributed by atoms with van der Waals surface area (Å²) in [6, 6.07) is 12.7. The van der Waals surface area contributed by atoms with Crippen molar-refractivity contribution in [3.8, 4) is 0 Å². The van der Waals surface area contributed by atoms with Crippen molar-refractivity contribution in [2.75, 3.05) is 0 Å². The minimum absolute atomic E-state index is 0.0978. The highest BCUT2D eigenvalue weighted by Gasteiger charge is 2.11. The van der Waals surface area contributed by atoms with E-state index in [0.29, 0.717) is 0 Å². The lowest BCUT2D eigenvalue weighted by Gasteiger charge is -2.16. The summed E-state index contributed by atoms with van der Waals surface area (Å²) in [6.45, 7) is 4.22. The SMILES string of the molecule is CCc1ccc(CC(NN)c2ccc(C)cc2)nc1. The molecule has 1 aromatic carbocycles. The molecule has 1 unspecified atom stereocenters. The van der Waals surface area contributed by atoms with Crippen LogP contribution in [0.3, 0.4) is 0 Å². The van der Waals surface area contributed by atoms with Gasteiger partial charge in [0.1, 0.15) is 0 Å². The number of nitrogens with two attached hydrogens (primary N) is 1. The van der Waals surface area contributed by atoms with Crippen LogP contribution in [-0.4, -0.2) is 4.98 Å². The molecule has 1 atom stereocenters. The quantitative estimate of drug-likeness (QED) is 0.638. The molecule has 100 valence electrons. The van der Waals surface area contributed by atoms with E-state index in [1.807, 2.05) is 6.20 Å². The molecule has 3 nitrogen and oxygen atoms in total. The summed E-state index contributed by atoms with van der Waals surface area (Å²) in [7, 11) is 0. The second-order valence-electron chi connectivity index (χ2n) is 4.85. The molecule has 1 heterocycles. The highest BCUT2D eigenvalue weighted by molar-refractivity contribution is 5.25. The van der Waals surface area contributed by atoms with E-state index in [2.05, 4.69) is 60.7 Å². The molecule has 19 heavy (non-hydrogen) atoms. The Kier molecular flexibility index (Phi) is 4.66. The molecule has 0 bridgehead atoms. The average Bonchev–Trinajstić information content (AvgIpc) is 2.46. The number of nitrogens with one attached hydrogen (secondary N) is 1. The Bertz CT molecular complexity index is 503. The maximum Gasteiger partial charge on any atom is 0.0515 e. The summed E-state index contributed by atoms with van der Waals surface area (Å²) in [4.78, 5) is 4.48. The second kappa shape index (κ2) is 6.45. The zero-order valence-corrected chi connectivity index (χ0v) is 11.6. The molecular weight excluding hydrogens is 234 g/mol. The van der Waals surface area contributed by atoms with Crippen LogP contribution >= 0.6 is 0 Å². The van der Waals surface area contributed by atoms with Crippen molar-refractivity contribution in [1.82, 2.24) is 10.4 Å². The Labute approximate surface area is 114 Å². The van der Waals surface area contributed by atoms with Gasteiger partial charge in [-0.05, 0) is 30.5 Å². The Hall–Kier alpha value is -1.71. The Balaban J connectivity index is 2.11. The van der Waals surface area contributed by atoms with Gasteiger partial charge in [0.15, 0.2) is 0 Å². The molecule has 0 aliphatic carbocycles. The molecule has 0 amide bonds. The molecule has 2 aromatic rings. The fourth-order valence-electron chi connectivity index (χ4n) is 2.07. The third-order valence-electron chi connectivity index (χ3n) is 3.39. The standard InChI is InChI=1S/C16H21N3/c1-3-13-6-9-15(18-11-13)10-16(19-17)14-7-4-12(2)5-8-14/h4-9,11,16,19H,3,10,17H2,1-2H3.